The van der Waals surface area contributed by atoms with E-state index in [4.69, 9.17) is 9.47 Å². The van der Waals surface area contributed by atoms with Crippen LogP contribution < -0.4 is 10.2 Å². The Kier molecular flexibility index (Phi) is 5.88. The monoisotopic (exact) mass is 316 g/mol. The maximum absolute atomic E-state index is 9.99. The standard InChI is InChI=1S/C13H24N4O3S/c1-13(2,3)14-6-10(18)8-20-12-9-19-5-4-17(12)11-7-15-21-16-11/h7,10,12,14,18H,4-6,8-9H2,1-3H3. The fourth-order valence-corrected chi connectivity index (χ4v) is 2.40. The lowest BCUT2D eigenvalue weighted by Gasteiger charge is -2.35. The molecule has 2 unspecified atom stereocenters. The number of aromatic nitrogens is 2. The van der Waals surface area contributed by atoms with E-state index in [0.717, 1.165) is 5.82 Å². The molecule has 8 heteroatoms. The molecule has 1 fully saturated rings. The van der Waals surface area contributed by atoms with Gasteiger partial charge < -0.3 is 24.8 Å². The van der Waals surface area contributed by atoms with Gasteiger partial charge in [0.05, 0.1) is 43.8 Å². The summed E-state index contributed by atoms with van der Waals surface area (Å²) in [5, 5.41) is 13.2. The Bertz CT molecular complexity index is 410. The molecule has 0 bridgehead atoms. The predicted octanol–water partition coefficient (Wildman–Crippen LogP) is 0.466. The van der Waals surface area contributed by atoms with Gasteiger partial charge in [-0.25, -0.2) is 0 Å². The summed E-state index contributed by atoms with van der Waals surface area (Å²) in [6.07, 6.45) is 0.942. The molecule has 0 saturated carbocycles. The van der Waals surface area contributed by atoms with Gasteiger partial charge in [-0.3, -0.25) is 0 Å². The highest BCUT2D eigenvalue weighted by Crippen LogP contribution is 2.18. The van der Waals surface area contributed by atoms with Crippen molar-refractivity contribution < 1.29 is 14.6 Å². The van der Waals surface area contributed by atoms with Crippen LogP contribution in [0.5, 0.6) is 0 Å². The van der Waals surface area contributed by atoms with Crippen LogP contribution in [0.15, 0.2) is 6.20 Å². The van der Waals surface area contributed by atoms with Gasteiger partial charge in [-0.1, -0.05) is 0 Å². The minimum atomic E-state index is -0.554. The maximum Gasteiger partial charge on any atom is 0.164 e. The molecule has 2 heterocycles. The largest absolute Gasteiger partial charge is 0.389 e. The van der Waals surface area contributed by atoms with Crippen LogP contribution in [0.2, 0.25) is 0 Å². The Morgan fingerprint density at radius 2 is 2.43 bits per heavy atom. The minimum absolute atomic E-state index is 0.0206. The molecule has 2 atom stereocenters. The van der Waals surface area contributed by atoms with Crippen molar-refractivity contribution in [3.05, 3.63) is 6.20 Å². The van der Waals surface area contributed by atoms with E-state index < -0.39 is 6.10 Å². The number of ether oxygens (including phenoxy) is 2. The first-order valence-electron chi connectivity index (χ1n) is 7.12. The summed E-state index contributed by atoms with van der Waals surface area (Å²) in [6.45, 7) is 8.76. The van der Waals surface area contributed by atoms with E-state index in [1.807, 2.05) is 4.90 Å². The third kappa shape index (κ3) is 5.48. The molecule has 1 aliphatic rings. The number of nitrogens with zero attached hydrogens (tertiary/aromatic N) is 3. The van der Waals surface area contributed by atoms with Crippen LogP contribution in [-0.2, 0) is 9.47 Å². The smallest absolute Gasteiger partial charge is 0.164 e. The number of rotatable bonds is 6. The van der Waals surface area contributed by atoms with Gasteiger partial charge in [0.1, 0.15) is 0 Å². The quantitative estimate of drug-likeness (QED) is 0.789. The topological polar surface area (TPSA) is 79.7 Å². The van der Waals surface area contributed by atoms with Crippen LogP contribution in [0.4, 0.5) is 5.82 Å². The number of hydrogen-bond acceptors (Lipinski definition) is 8. The van der Waals surface area contributed by atoms with Crippen molar-refractivity contribution in [2.45, 2.75) is 38.6 Å². The van der Waals surface area contributed by atoms with Gasteiger partial charge in [0, 0.05) is 18.6 Å². The summed E-state index contributed by atoms with van der Waals surface area (Å²) >= 11 is 1.17. The number of aliphatic hydroxyl groups is 1. The average molecular weight is 316 g/mol. The molecular formula is C13H24N4O3S. The van der Waals surface area contributed by atoms with Gasteiger partial charge in [0.15, 0.2) is 12.0 Å². The lowest BCUT2D eigenvalue weighted by Crippen LogP contribution is -2.49. The first-order valence-corrected chi connectivity index (χ1v) is 7.85. The zero-order valence-electron chi connectivity index (χ0n) is 12.8. The van der Waals surface area contributed by atoms with Crippen molar-refractivity contribution in [1.29, 1.82) is 0 Å². The van der Waals surface area contributed by atoms with Gasteiger partial charge in [0.2, 0.25) is 0 Å². The van der Waals surface area contributed by atoms with Crippen LogP contribution in [-0.4, -0.2) is 64.6 Å². The second-order valence-electron chi connectivity index (χ2n) is 6.11. The van der Waals surface area contributed by atoms with Crippen LogP contribution in [0.1, 0.15) is 20.8 Å². The molecule has 21 heavy (non-hydrogen) atoms. The Morgan fingerprint density at radius 3 is 3.10 bits per heavy atom. The molecule has 1 aromatic heterocycles. The molecule has 0 aliphatic carbocycles. The molecule has 0 aromatic carbocycles. The third-order valence-electron chi connectivity index (χ3n) is 3.08. The fraction of sp³-hybridized carbons (Fsp3) is 0.846. The SMILES string of the molecule is CC(C)(C)NCC(O)COC1COCCN1c1cnsn1. The van der Waals surface area contributed by atoms with Crippen LogP contribution >= 0.6 is 11.7 Å². The molecule has 2 N–H and O–H groups in total. The fourth-order valence-electron chi connectivity index (χ4n) is 1.97. The second-order valence-corrected chi connectivity index (χ2v) is 6.66. The second kappa shape index (κ2) is 7.46. The van der Waals surface area contributed by atoms with E-state index in [9.17, 15) is 5.11 Å². The first kappa shape index (κ1) is 16.6. The Labute approximate surface area is 129 Å². The average Bonchev–Trinajstić information content (AvgIpc) is 2.96. The number of β-amino-alcohol motifs (C(OH)–C–C–N with tert-alkyl or cyclic N) is 1. The minimum Gasteiger partial charge on any atom is -0.389 e. The van der Waals surface area contributed by atoms with Gasteiger partial charge in [-0.15, -0.1) is 0 Å². The molecule has 2 rings (SSSR count). The number of nitrogens with one attached hydrogen (secondary N) is 1. The molecule has 0 radical (unpaired) electrons. The molecule has 1 aromatic rings. The number of hydrogen-bond donors (Lipinski definition) is 2. The van der Waals surface area contributed by atoms with E-state index in [2.05, 4.69) is 34.8 Å². The van der Waals surface area contributed by atoms with E-state index in [0.29, 0.717) is 26.3 Å². The zero-order valence-corrected chi connectivity index (χ0v) is 13.6. The molecule has 7 nitrogen and oxygen atoms in total. The van der Waals surface area contributed by atoms with Gasteiger partial charge >= 0.3 is 0 Å². The summed E-state index contributed by atoms with van der Waals surface area (Å²) in [7, 11) is 0. The van der Waals surface area contributed by atoms with Crippen molar-refractivity contribution in [3.8, 4) is 0 Å². The van der Waals surface area contributed by atoms with Crippen molar-refractivity contribution in [2.75, 3.05) is 37.8 Å². The maximum atomic E-state index is 9.99. The summed E-state index contributed by atoms with van der Waals surface area (Å²) < 4.78 is 19.5. The summed E-state index contributed by atoms with van der Waals surface area (Å²) in [5.74, 6) is 0.801. The number of morpholine rings is 1. The lowest BCUT2D eigenvalue weighted by molar-refractivity contribution is -0.0667. The summed E-state index contributed by atoms with van der Waals surface area (Å²) in [6, 6.07) is 0. The van der Waals surface area contributed by atoms with Crippen LogP contribution in [0.25, 0.3) is 0 Å². The normalized spacial score (nSPS) is 21.5. The molecule has 0 amide bonds. The Balaban J connectivity index is 1.80. The Hall–Kier alpha value is -0.800. The van der Waals surface area contributed by atoms with Crippen molar-refractivity contribution in [3.63, 3.8) is 0 Å². The molecular weight excluding hydrogens is 292 g/mol. The van der Waals surface area contributed by atoms with Gasteiger partial charge in [-0.2, -0.15) is 8.75 Å². The predicted molar refractivity (Wildman–Crippen MR) is 81.6 cm³/mol. The van der Waals surface area contributed by atoms with Gasteiger partial charge in [-0.05, 0) is 20.8 Å². The highest BCUT2D eigenvalue weighted by atomic mass is 32.1. The van der Waals surface area contributed by atoms with Gasteiger partial charge in [0.25, 0.3) is 0 Å². The van der Waals surface area contributed by atoms with E-state index in [1.165, 1.54) is 11.7 Å². The van der Waals surface area contributed by atoms with E-state index in [-0.39, 0.29) is 18.4 Å². The highest BCUT2D eigenvalue weighted by molar-refractivity contribution is 6.99. The number of aliphatic hydroxyl groups excluding tert-OH is 1. The first-order chi connectivity index (χ1) is 9.96. The van der Waals surface area contributed by atoms with Crippen molar-refractivity contribution >= 4 is 17.5 Å². The molecule has 120 valence electrons. The van der Waals surface area contributed by atoms with E-state index in [1.54, 1.807) is 6.20 Å². The van der Waals surface area contributed by atoms with Crippen LogP contribution in [0, 0.1) is 0 Å². The van der Waals surface area contributed by atoms with Crippen molar-refractivity contribution in [2.24, 2.45) is 0 Å². The molecule has 1 aliphatic heterocycles. The number of anilines is 1. The zero-order chi connectivity index (χ0) is 15.3. The highest BCUT2D eigenvalue weighted by Gasteiger charge is 2.26. The third-order valence-corrected chi connectivity index (χ3v) is 3.55. The molecule has 1 saturated heterocycles. The lowest BCUT2D eigenvalue weighted by atomic mass is 10.1. The van der Waals surface area contributed by atoms with E-state index >= 15 is 0 Å². The molecule has 0 spiro atoms. The van der Waals surface area contributed by atoms with Crippen molar-refractivity contribution in [1.82, 2.24) is 14.1 Å². The van der Waals surface area contributed by atoms with Crippen LogP contribution in [0.3, 0.4) is 0 Å². The summed E-state index contributed by atoms with van der Waals surface area (Å²) in [4.78, 5) is 2.02. The Morgan fingerprint density at radius 1 is 1.62 bits per heavy atom. The summed E-state index contributed by atoms with van der Waals surface area (Å²) in [5.41, 5.74) is -0.0206.